The van der Waals surface area contributed by atoms with Crippen LogP contribution in [0.2, 0.25) is 0 Å². The molecule has 1 aliphatic rings. The van der Waals surface area contributed by atoms with Crippen LogP contribution in [-0.4, -0.2) is 17.2 Å². The third-order valence-corrected chi connectivity index (χ3v) is 3.45. The Bertz CT molecular complexity index is 796. The topological polar surface area (TPSA) is 46.5 Å². The number of carbonyl (C=O) groups is 1. The lowest BCUT2D eigenvalue weighted by molar-refractivity contribution is 0.0697. The first kappa shape index (κ1) is 14.3. The van der Waals surface area contributed by atoms with E-state index in [-0.39, 0.29) is 17.2 Å². The minimum atomic E-state index is -1.10. The number of fused-ring (bicyclic) bond motifs is 1. The molecule has 0 amide bonds. The normalized spacial score (nSPS) is 16.5. The SMILES string of the molecule is CC1C=C(c2cc(F)ccc2F)c2cc(C(=O)O)ccc2O1. The summed E-state index contributed by atoms with van der Waals surface area (Å²) in [5, 5.41) is 9.10. The lowest BCUT2D eigenvalue weighted by Gasteiger charge is -2.24. The molecule has 0 saturated carbocycles. The van der Waals surface area contributed by atoms with E-state index in [1.54, 1.807) is 13.0 Å². The summed E-state index contributed by atoms with van der Waals surface area (Å²) in [5.74, 6) is -1.79. The van der Waals surface area contributed by atoms with Crippen LogP contribution in [-0.2, 0) is 0 Å². The second-order valence-electron chi connectivity index (χ2n) is 5.04. The van der Waals surface area contributed by atoms with Crippen molar-refractivity contribution in [2.24, 2.45) is 0 Å². The highest BCUT2D eigenvalue weighted by Gasteiger charge is 2.23. The van der Waals surface area contributed by atoms with Gasteiger partial charge < -0.3 is 9.84 Å². The van der Waals surface area contributed by atoms with Crippen molar-refractivity contribution >= 4 is 11.5 Å². The second kappa shape index (κ2) is 5.26. The molecule has 1 aliphatic heterocycles. The number of carboxylic acid groups (broad SMARTS) is 1. The third-order valence-electron chi connectivity index (χ3n) is 3.45. The van der Waals surface area contributed by atoms with Gasteiger partial charge in [-0.2, -0.15) is 0 Å². The quantitative estimate of drug-likeness (QED) is 0.916. The van der Waals surface area contributed by atoms with Crippen LogP contribution in [0.3, 0.4) is 0 Å². The highest BCUT2D eigenvalue weighted by atomic mass is 19.1. The van der Waals surface area contributed by atoms with Gasteiger partial charge in [-0.1, -0.05) is 0 Å². The second-order valence-corrected chi connectivity index (χ2v) is 5.04. The molecule has 0 aliphatic carbocycles. The molecule has 3 rings (SSSR count). The Balaban J connectivity index is 2.22. The van der Waals surface area contributed by atoms with Gasteiger partial charge >= 0.3 is 5.97 Å². The smallest absolute Gasteiger partial charge is 0.335 e. The molecule has 0 spiro atoms. The lowest BCUT2D eigenvalue weighted by Crippen LogP contribution is -2.16. The van der Waals surface area contributed by atoms with E-state index >= 15 is 0 Å². The average molecular weight is 302 g/mol. The molecule has 1 N–H and O–H groups in total. The lowest BCUT2D eigenvalue weighted by atomic mass is 9.92. The predicted molar refractivity (Wildman–Crippen MR) is 76.9 cm³/mol. The summed E-state index contributed by atoms with van der Waals surface area (Å²) < 4.78 is 33.1. The summed E-state index contributed by atoms with van der Waals surface area (Å²) in [6.07, 6.45) is 1.31. The fourth-order valence-electron chi connectivity index (χ4n) is 2.47. The van der Waals surface area contributed by atoms with Gasteiger partial charge in [-0.3, -0.25) is 0 Å². The first-order valence-corrected chi connectivity index (χ1v) is 6.67. The molecule has 1 unspecified atom stereocenters. The van der Waals surface area contributed by atoms with E-state index in [9.17, 15) is 13.6 Å². The van der Waals surface area contributed by atoms with Crippen LogP contribution >= 0.6 is 0 Å². The molecule has 0 radical (unpaired) electrons. The van der Waals surface area contributed by atoms with Crippen molar-refractivity contribution in [3.63, 3.8) is 0 Å². The van der Waals surface area contributed by atoms with Gasteiger partial charge in [0.2, 0.25) is 0 Å². The van der Waals surface area contributed by atoms with Crippen LogP contribution < -0.4 is 4.74 Å². The average Bonchev–Trinajstić information content (AvgIpc) is 2.48. The Kier molecular flexibility index (Phi) is 3.41. The van der Waals surface area contributed by atoms with Crippen molar-refractivity contribution in [2.45, 2.75) is 13.0 Å². The number of hydrogen-bond acceptors (Lipinski definition) is 2. The van der Waals surface area contributed by atoms with E-state index in [2.05, 4.69) is 0 Å². The first-order valence-electron chi connectivity index (χ1n) is 6.67. The number of hydrogen-bond donors (Lipinski definition) is 1. The summed E-state index contributed by atoms with van der Waals surface area (Å²) in [6, 6.07) is 7.53. The summed E-state index contributed by atoms with van der Waals surface area (Å²) in [4.78, 5) is 11.1. The highest BCUT2D eigenvalue weighted by Crippen LogP contribution is 2.37. The molecule has 0 fully saturated rings. The number of ether oxygens (including phenoxy) is 1. The van der Waals surface area contributed by atoms with Crippen LogP contribution in [0.25, 0.3) is 5.57 Å². The zero-order valence-corrected chi connectivity index (χ0v) is 11.6. The molecule has 3 nitrogen and oxygen atoms in total. The number of carboxylic acids is 1. The maximum Gasteiger partial charge on any atom is 0.335 e. The molecule has 2 aromatic rings. The minimum Gasteiger partial charge on any atom is -0.486 e. The third kappa shape index (κ3) is 2.45. The molecule has 112 valence electrons. The maximum atomic E-state index is 14.1. The predicted octanol–water partition coefficient (Wildman–Crippen LogP) is 3.88. The van der Waals surface area contributed by atoms with Crippen molar-refractivity contribution in [2.75, 3.05) is 0 Å². The number of rotatable bonds is 2. The van der Waals surface area contributed by atoms with E-state index < -0.39 is 17.6 Å². The van der Waals surface area contributed by atoms with Gasteiger partial charge in [0.15, 0.2) is 0 Å². The van der Waals surface area contributed by atoms with Crippen LogP contribution in [0.4, 0.5) is 8.78 Å². The Morgan fingerprint density at radius 3 is 2.64 bits per heavy atom. The largest absolute Gasteiger partial charge is 0.486 e. The Labute approximate surface area is 125 Å². The van der Waals surface area contributed by atoms with Crippen molar-refractivity contribution in [3.8, 4) is 5.75 Å². The fraction of sp³-hybridized carbons (Fsp3) is 0.118. The Hall–Kier alpha value is -2.69. The standard InChI is InChI=1S/C17H12F2O3/c1-9-6-12(13-8-11(18)3-4-15(13)19)14-7-10(17(20)21)2-5-16(14)22-9/h2-9H,1H3,(H,20,21). The molecule has 0 aromatic heterocycles. The van der Waals surface area contributed by atoms with Gasteiger partial charge in [0, 0.05) is 11.1 Å². The highest BCUT2D eigenvalue weighted by molar-refractivity contribution is 5.92. The maximum absolute atomic E-state index is 14.1. The molecule has 2 aromatic carbocycles. The van der Waals surface area contributed by atoms with Crippen molar-refractivity contribution in [3.05, 3.63) is 70.8 Å². The fourth-order valence-corrected chi connectivity index (χ4v) is 2.47. The minimum absolute atomic E-state index is 0.0552. The summed E-state index contributed by atoms with van der Waals surface area (Å²) in [7, 11) is 0. The summed E-state index contributed by atoms with van der Waals surface area (Å²) in [6.45, 7) is 1.77. The number of benzene rings is 2. The first-order chi connectivity index (χ1) is 10.5. The Morgan fingerprint density at radius 1 is 1.14 bits per heavy atom. The van der Waals surface area contributed by atoms with E-state index in [1.165, 1.54) is 18.2 Å². The van der Waals surface area contributed by atoms with Gasteiger partial charge in [-0.25, -0.2) is 13.6 Å². The zero-order chi connectivity index (χ0) is 15.9. The van der Waals surface area contributed by atoms with Crippen LogP contribution in [0.1, 0.15) is 28.4 Å². The van der Waals surface area contributed by atoms with Gasteiger partial charge in [0.05, 0.1) is 5.56 Å². The van der Waals surface area contributed by atoms with Crippen molar-refractivity contribution in [1.82, 2.24) is 0 Å². The Morgan fingerprint density at radius 2 is 1.91 bits per heavy atom. The molecule has 22 heavy (non-hydrogen) atoms. The van der Waals surface area contributed by atoms with Crippen molar-refractivity contribution < 1.29 is 23.4 Å². The van der Waals surface area contributed by atoms with Crippen LogP contribution in [0, 0.1) is 11.6 Å². The molecule has 0 saturated heterocycles. The van der Waals surface area contributed by atoms with E-state index in [4.69, 9.17) is 9.84 Å². The van der Waals surface area contributed by atoms with Gasteiger partial charge in [0.1, 0.15) is 23.5 Å². The monoisotopic (exact) mass is 302 g/mol. The summed E-state index contributed by atoms with van der Waals surface area (Å²) >= 11 is 0. The van der Waals surface area contributed by atoms with E-state index in [0.717, 1.165) is 18.2 Å². The molecule has 1 atom stereocenters. The van der Waals surface area contributed by atoms with Gasteiger partial charge in [-0.15, -0.1) is 0 Å². The van der Waals surface area contributed by atoms with E-state index in [1.807, 2.05) is 0 Å². The molecule has 0 bridgehead atoms. The van der Waals surface area contributed by atoms with Gasteiger partial charge in [0.25, 0.3) is 0 Å². The molecular formula is C17H12F2O3. The van der Waals surface area contributed by atoms with Crippen molar-refractivity contribution in [1.29, 1.82) is 0 Å². The van der Waals surface area contributed by atoms with E-state index in [0.29, 0.717) is 16.9 Å². The molecule has 1 heterocycles. The number of halogens is 2. The number of aromatic carboxylic acids is 1. The van der Waals surface area contributed by atoms with Crippen LogP contribution in [0.5, 0.6) is 5.75 Å². The molecular weight excluding hydrogens is 290 g/mol. The zero-order valence-electron chi connectivity index (χ0n) is 11.6. The molecule has 5 heteroatoms. The summed E-state index contributed by atoms with van der Waals surface area (Å²) in [5.41, 5.74) is 0.995. The van der Waals surface area contributed by atoms with Crippen LogP contribution in [0.15, 0.2) is 42.5 Å². The van der Waals surface area contributed by atoms with Gasteiger partial charge in [-0.05, 0) is 55.0 Å².